The Balaban J connectivity index is 1.83. The maximum Gasteiger partial charge on any atom is 0.210 e. The van der Waals surface area contributed by atoms with E-state index in [1.165, 1.54) is 30.4 Å². The topological polar surface area (TPSA) is 36.4 Å². The number of carbonyl (C=O) groups excluding carboxylic acids is 1. The molecule has 4 nitrogen and oxygen atoms in total. The summed E-state index contributed by atoms with van der Waals surface area (Å²) in [5, 5.41) is 0. The Labute approximate surface area is 120 Å². The van der Waals surface area contributed by atoms with Gasteiger partial charge < -0.3 is 9.80 Å². The molecule has 2 saturated heterocycles. The minimum atomic E-state index is 0.222. The Morgan fingerprint density at radius 2 is 1.95 bits per heavy atom. The zero-order valence-corrected chi connectivity index (χ0v) is 12.2. The summed E-state index contributed by atoms with van der Waals surface area (Å²) in [5.41, 5.74) is 2.43. The zero-order valence-electron chi connectivity index (χ0n) is 12.2. The lowest BCUT2D eigenvalue weighted by atomic mass is 9.96. The second kappa shape index (κ2) is 5.81. The molecule has 1 aromatic heterocycles. The molecule has 1 aromatic rings. The van der Waals surface area contributed by atoms with Gasteiger partial charge >= 0.3 is 0 Å². The van der Waals surface area contributed by atoms with E-state index in [1.54, 1.807) is 0 Å². The van der Waals surface area contributed by atoms with E-state index in [1.807, 2.05) is 11.1 Å². The van der Waals surface area contributed by atoms with Gasteiger partial charge in [0.1, 0.15) is 5.82 Å². The molecule has 1 unspecified atom stereocenters. The number of anilines is 1. The monoisotopic (exact) mass is 273 g/mol. The molecule has 0 spiro atoms. The molecule has 0 aromatic carbocycles. The molecule has 2 fully saturated rings. The van der Waals surface area contributed by atoms with Crippen LogP contribution in [-0.4, -0.2) is 35.9 Å². The third-order valence-corrected chi connectivity index (χ3v) is 4.54. The van der Waals surface area contributed by atoms with Crippen molar-refractivity contribution in [1.82, 2.24) is 9.88 Å². The average molecular weight is 273 g/mol. The number of likely N-dealkylation sites (tertiary alicyclic amines) is 1. The Hall–Kier alpha value is -1.58. The van der Waals surface area contributed by atoms with Crippen LogP contribution in [0.4, 0.5) is 5.82 Å². The highest BCUT2D eigenvalue weighted by Gasteiger charge is 2.24. The van der Waals surface area contributed by atoms with Crippen molar-refractivity contribution in [3.05, 3.63) is 23.4 Å². The van der Waals surface area contributed by atoms with Gasteiger partial charge in [0.15, 0.2) is 0 Å². The van der Waals surface area contributed by atoms with Gasteiger partial charge in [0.05, 0.1) is 6.04 Å². The van der Waals surface area contributed by atoms with Crippen molar-refractivity contribution >= 4 is 12.2 Å². The quantitative estimate of drug-likeness (QED) is 0.794. The van der Waals surface area contributed by atoms with E-state index in [0.29, 0.717) is 0 Å². The highest BCUT2D eigenvalue weighted by Crippen LogP contribution is 2.31. The molecule has 20 heavy (non-hydrogen) atoms. The first kappa shape index (κ1) is 13.4. The lowest BCUT2D eigenvalue weighted by molar-refractivity contribution is -0.121. The van der Waals surface area contributed by atoms with E-state index in [9.17, 15) is 4.79 Å². The number of aromatic nitrogens is 1. The van der Waals surface area contributed by atoms with Crippen molar-refractivity contribution in [3.8, 4) is 0 Å². The third kappa shape index (κ3) is 2.51. The number of nitrogens with zero attached hydrogens (tertiary/aromatic N) is 3. The average Bonchev–Trinajstić information content (AvgIpc) is 3.01. The molecule has 0 radical (unpaired) electrons. The molecule has 2 aliphatic rings. The minimum absolute atomic E-state index is 0.222. The molecule has 1 atom stereocenters. The molecule has 108 valence electrons. The first-order valence-electron chi connectivity index (χ1n) is 7.72. The number of pyridine rings is 1. The van der Waals surface area contributed by atoms with Gasteiger partial charge in [-0.3, -0.25) is 4.79 Å². The van der Waals surface area contributed by atoms with Crippen molar-refractivity contribution in [2.75, 3.05) is 24.5 Å². The maximum absolute atomic E-state index is 11.2. The normalized spacial score (nSPS) is 23.1. The summed E-state index contributed by atoms with van der Waals surface area (Å²) in [6, 6.07) is 2.45. The fraction of sp³-hybridized carbons (Fsp3) is 0.625. The zero-order chi connectivity index (χ0) is 13.9. The Kier molecular flexibility index (Phi) is 3.90. The number of aryl methyl sites for hydroxylation is 1. The van der Waals surface area contributed by atoms with E-state index < -0.39 is 0 Å². The number of rotatable bonds is 3. The number of carbonyl (C=O) groups is 1. The SMILES string of the molecule is Cc1cc(C2CCCCN2C=O)cnc1N1CCCC1. The molecular weight excluding hydrogens is 250 g/mol. The van der Waals surface area contributed by atoms with Crippen molar-refractivity contribution in [3.63, 3.8) is 0 Å². The van der Waals surface area contributed by atoms with Gasteiger partial charge in [0.2, 0.25) is 6.41 Å². The second-order valence-electron chi connectivity index (χ2n) is 5.96. The van der Waals surface area contributed by atoms with Gasteiger partial charge in [0.25, 0.3) is 0 Å². The van der Waals surface area contributed by atoms with Gasteiger partial charge in [0, 0.05) is 25.8 Å². The van der Waals surface area contributed by atoms with Gasteiger partial charge in [-0.2, -0.15) is 0 Å². The van der Waals surface area contributed by atoms with Crippen LogP contribution in [0.25, 0.3) is 0 Å². The van der Waals surface area contributed by atoms with Crippen LogP contribution in [0.5, 0.6) is 0 Å². The summed E-state index contributed by atoms with van der Waals surface area (Å²) in [6.07, 6.45) is 8.88. The van der Waals surface area contributed by atoms with E-state index >= 15 is 0 Å². The molecule has 4 heteroatoms. The van der Waals surface area contributed by atoms with Crippen LogP contribution in [0.1, 0.15) is 49.3 Å². The molecular formula is C16H23N3O. The van der Waals surface area contributed by atoms with Crippen LogP contribution in [0.2, 0.25) is 0 Å². The van der Waals surface area contributed by atoms with Gasteiger partial charge in [-0.25, -0.2) is 4.98 Å². The van der Waals surface area contributed by atoms with E-state index in [2.05, 4.69) is 22.9 Å². The summed E-state index contributed by atoms with van der Waals surface area (Å²) < 4.78 is 0. The Morgan fingerprint density at radius 3 is 2.65 bits per heavy atom. The highest BCUT2D eigenvalue weighted by molar-refractivity contribution is 5.51. The first-order valence-corrected chi connectivity index (χ1v) is 7.72. The van der Waals surface area contributed by atoms with Crippen molar-refractivity contribution in [2.24, 2.45) is 0 Å². The van der Waals surface area contributed by atoms with Crippen LogP contribution in [0.3, 0.4) is 0 Å². The summed E-state index contributed by atoms with van der Waals surface area (Å²) in [5.74, 6) is 1.12. The first-order chi connectivity index (χ1) is 9.79. The van der Waals surface area contributed by atoms with Crippen LogP contribution >= 0.6 is 0 Å². The van der Waals surface area contributed by atoms with Crippen molar-refractivity contribution in [1.29, 1.82) is 0 Å². The summed E-state index contributed by atoms with van der Waals surface area (Å²) in [6.45, 7) is 5.26. The number of amides is 1. The number of hydrogen-bond donors (Lipinski definition) is 0. The third-order valence-electron chi connectivity index (χ3n) is 4.54. The molecule has 1 amide bonds. The van der Waals surface area contributed by atoms with Crippen molar-refractivity contribution in [2.45, 2.75) is 45.1 Å². The molecule has 0 saturated carbocycles. The van der Waals surface area contributed by atoms with Gasteiger partial charge in [-0.1, -0.05) is 0 Å². The number of piperidine rings is 1. The van der Waals surface area contributed by atoms with Gasteiger partial charge in [-0.15, -0.1) is 0 Å². The lowest BCUT2D eigenvalue weighted by Gasteiger charge is -2.33. The van der Waals surface area contributed by atoms with Crippen LogP contribution < -0.4 is 4.90 Å². The predicted molar refractivity (Wildman–Crippen MR) is 79.8 cm³/mol. The molecule has 3 rings (SSSR count). The maximum atomic E-state index is 11.2. The fourth-order valence-electron chi connectivity index (χ4n) is 3.47. The summed E-state index contributed by atoms with van der Waals surface area (Å²) in [7, 11) is 0. The Bertz CT molecular complexity index is 483. The van der Waals surface area contributed by atoms with E-state index in [0.717, 1.165) is 44.7 Å². The standard InChI is InChI=1S/C16H23N3O/c1-13-10-14(15-6-2-3-9-19(15)12-20)11-17-16(13)18-7-4-5-8-18/h10-12,15H,2-9H2,1H3. The molecule has 3 heterocycles. The summed E-state index contributed by atoms with van der Waals surface area (Å²) in [4.78, 5) is 20.2. The fourth-order valence-corrected chi connectivity index (χ4v) is 3.47. The smallest absolute Gasteiger partial charge is 0.210 e. The molecule has 0 bridgehead atoms. The lowest BCUT2D eigenvalue weighted by Crippen LogP contribution is -2.32. The van der Waals surface area contributed by atoms with Crippen LogP contribution in [0.15, 0.2) is 12.3 Å². The predicted octanol–water partition coefficient (Wildman–Crippen LogP) is 2.67. The van der Waals surface area contributed by atoms with Gasteiger partial charge in [-0.05, 0) is 56.2 Å². The summed E-state index contributed by atoms with van der Waals surface area (Å²) >= 11 is 0. The number of hydrogen-bond acceptors (Lipinski definition) is 3. The molecule has 0 aliphatic carbocycles. The highest BCUT2D eigenvalue weighted by atomic mass is 16.1. The largest absolute Gasteiger partial charge is 0.356 e. The molecule has 2 aliphatic heterocycles. The molecule has 0 N–H and O–H groups in total. The van der Waals surface area contributed by atoms with Crippen LogP contribution in [-0.2, 0) is 4.79 Å². The van der Waals surface area contributed by atoms with E-state index in [-0.39, 0.29) is 6.04 Å². The van der Waals surface area contributed by atoms with Crippen molar-refractivity contribution < 1.29 is 4.79 Å². The second-order valence-corrected chi connectivity index (χ2v) is 5.96. The van der Waals surface area contributed by atoms with Crippen LogP contribution in [0, 0.1) is 6.92 Å². The minimum Gasteiger partial charge on any atom is -0.356 e. The Morgan fingerprint density at radius 1 is 1.20 bits per heavy atom. The van der Waals surface area contributed by atoms with E-state index in [4.69, 9.17) is 0 Å².